The van der Waals surface area contributed by atoms with Crippen molar-refractivity contribution in [2.45, 2.75) is 50.7 Å². The van der Waals surface area contributed by atoms with E-state index in [9.17, 15) is 9.59 Å². The number of ether oxygens (including phenoxy) is 2. The molecule has 1 amide bonds. The number of amides is 1. The third-order valence-electron chi connectivity index (χ3n) is 5.62. The van der Waals surface area contributed by atoms with Crippen LogP contribution < -0.4 is 20.3 Å². The van der Waals surface area contributed by atoms with E-state index in [1.807, 2.05) is 38.1 Å². The highest BCUT2D eigenvalue weighted by Crippen LogP contribution is 2.33. The smallest absolute Gasteiger partial charge is 0.262 e. The van der Waals surface area contributed by atoms with Gasteiger partial charge < -0.3 is 14.8 Å². The monoisotopic (exact) mass is 467 g/mol. The Morgan fingerprint density at radius 2 is 1.82 bits per heavy atom. The van der Waals surface area contributed by atoms with Crippen molar-refractivity contribution >= 4 is 34.3 Å². The molecule has 1 aliphatic rings. The number of hydrogen-bond acceptors (Lipinski definition) is 6. The number of para-hydroxylation sites is 1. The van der Waals surface area contributed by atoms with E-state index < -0.39 is 0 Å². The molecule has 33 heavy (non-hydrogen) atoms. The molecule has 0 radical (unpaired) electrons. The molecule has 0 aliphatic heterocycles. The molecule has 1 aromatic heterocycles. The van der Waals surface area contributed by atoms with Gasteiger partial charge >= 0.3 is 0 Å². The van der Waals surface area contributed by atoms with Crippen molar-refractivity contribution in [3.63, 3.8) is 0 Å². The van der Waals surface area contributed by atoms with Gasteiger partial charge in [0.25, 0.3) is 5.56 Å². The summed E-state index contributed by atoms with van der Waals surface area (Å²) in [5.74, 6) is 1.21. The summed E-state index contributed by atoms with van der Waals surface area (Å²) in [6, 6.07) is 12.9. The van der Waals surface area contributed by atoms with Crippen molar-refractivity contribution in [2.75, 3.05) is 24.3 Å². The molecule has 2 aromatic carbocycles. The lowest BCUT2D eigenvalue weighted by molar-refractivity contribution is -0.113. The molecule has 1 fully saturated rings. The van der Waals surface area contributed by atoms with Gasteiger partial charge in [-0.3, -0.25) is 14.2 Å². The van der Waals surface area contributed by atoms with Crippen LogP contribution in [0.25, 0.3) is 10.9 Å². The zero-order valence-corrected chi connectivity index (χ0v) is 19.8. The summed E-state index contributed by atoms with van der Waals surface area (Å²) in [6.07, 6.45) is 4.14. The number of fused-ring (bicyclic) bond motifs is 1. The lowest BCUT2D eigenvalue weighted by Gasteiger charge is -2.18. The first-order valence-electron chi connectivity index (χ1n) is 11.4. The lowest BCUT2D eigenvalue weighted by atomic mass is 10.2. The van der Waals surface area contributed by atoms with Crippen LogP contribution in [-0.2, 0) is 4.79 Å². The van der Waals surface area contributed by atoms with Gasteiger partial charge in [-0.05, 0) is 51.0 Å². The molecule has 0 unspecified atom stereocenters. The minimum atomic E-state index is -0.174. The van der Waals surface area contributed by atoms with Crippen LogP contribution >= 0.6 is 11.8 Å². The molecule has 0 atom stereocenters. The third kappa shape index (κ3) is 5.33. The van der Waals surface area contributed by atoms with Crippen molar-refractivity contribution in [1.82, 2.24) is 9.55 Å². The van der Waals surface area contributed by atoms with Crippen LogP contribution in [0.1, 0.15) is 45.6 Å². The molecule has 1 aliphatic carbocycles. The predicted octanol–water partition coefficient (Wildman–Crippen LogP) is 5.04. The zero-order chi connectivity index (χ0) is 23.2. The summed E-state index contributed by atoms with van der Waals surface area (Å²) in [7, 11) is 0. The topological polar surface area (TPSA) is 82.5 Å². The van der Waals surface area contributed by atoms with Gasteiger partial charge in [-0.25, -0.2) is 4.98 Å². The van der Waals surface area contributed by atoms with Crippen molar-refractivity contribution in [3.8, 4) is 11.5 Å². The number of thioether (sulfide) groups is 1. The van der Waals surface area contributed by atoms with Crippen LogP contribution in [0.5, 0.6) is 11.5 Å². The summed E-state index contributed by atoms with van der Waals surface area (Å²) in [4.78, 5) is 30.7. The van der Waals surface area contributed by atoms with Gasteiger partial charge in [-0.2, -0.15) is 0 Å². The van der Waals surface area contributed by atoms with Crippen LogP contribution in [0.3, 0.4) is 0 Å². The fraction of sp³-hybridized carbons (Fsp3) is 0.400. The molecule has 1 heterocycles. The molecule has 4 rings (SSSR count). The van der Waals surface area contributed by atoms with Crippen molar-refractivity contribution in [2.24, 2.45) is 0 Å². The molecule has 7 nitrogen and oxygen atoms in total. The maximum atomic E-state index is 13.2. The van der Waals surface area contributed by atoms with Gasteiger partial charge in [-0.1, -0.05) is 36.7 Å². The van der Waals surface area contributed by atoms with Gasteiger partial charge in [0.15, 0.2) is 16.7 Å². The fourth-order valence-electron chi connectivity index (χ4n) is 4.17. The van der Waals surface area contributed by atoms with Crippen LogP contribution in [0, 0.1) is 0 Å². The molecule has 1 N–H and O–H groups in total. The largest absolute Gasteiger partial charge is 0.490 e. The van der Waals surface area contributed by atoms with Gasteiger partial charge in [-0.15, -0.1) is 0 Å². The number of hydrogen-bond donors (Lipinski definition) is 1. The first-order valence-corrected chi connectivity index (χ1v) is 12.4. The maximum absolute atomic E-state index is 13.2. The molecule has 3 aromatic rings. The summed E-state index contributed by atoms with van der Waals surface area (Å²) < 4.78 is 13.0. The van der Waals surface area contributed by atoms with Crippen molar-refractivity contribution in [3.05, 3.63) is 52.8 Å². The normalized spacial score (nSPS) is 13.9. The summed E-state index contributed by atoms with van der Waals surface area (Å²) in [6.45, 7) is 4.84. The first kappa shape index (κ1) is 23.2. The molecule has 1 saturated carbocycles. The molecule has 0 spiro atoms. The van der Waals surface area contributed by atoms with E-state index >= 15 is 0 Å². The number of carbonyl (C=O) groups excluding carboxylic acids is 1. The molecule has 174 valence electrons. The SMILES string of the molecule is CCOc1ccc(NC(=O)CSc2nc3ccccc3c(=O)n2C2CCCC2)cc1OCC. The lowest BCUT2D eigenvalue weighted by Crippen LogP contribution is -2.27. The van der Waals surface area contributed by atoms with E-state index in [0.717, 1.165) is 25.7 Å². The highest BCUT2D eigenvalue weighted by molar-refractivity contribution is 7.99. The highest BCUT2D eigenvalue weighted by atomic mass is 32.2. The van der Waals surface area contributed by atoms with Gasteiger partial charge in [0.1, 0.15) is 0 Å². The average Bonchev–Trinajstić information content (AvgIpc) is 3.34. The second-order valence-corrected chi connectivity index (χ2v) is 8.83. The highest BCUT2D eigenvalue weighted by Gasteiger charge is 2.23. The van der Waals surface area contributed by atoms with Gasteiger partial charge in [0.2, 0.25) is 5.91 Å². The summed E-state index contributed by atoms with van der Waals surface area (Å²) in [5.41, 5.74) is 1.27. The Hall–Kier alpha value is -3.00. The number of anilines is 1. The number of nitrogens with one attached hydrogen (secondary N) is 1. The number of aromatic nitrogens is 2. The van der Waals surface area contributed by atoms with Gasteiger partial charge in [0, 0.05) is 17.8 Å². The Bertz CT molecular complexity index is 1190. The fourth-order valence-corrected chi connectivity index (χ4v) is 5.03. The Kier molecular flexibility index (Phi) is 7.54. The van der Waals surface area contributed by atoms with E-state index in [-0.39, 0.29) is 23.3 Å². The van der Waals surface area contributed by atoms with E-state index in [1.54, 1.807) is 22.8 Å². The molecule has 8 heteroatoms. The second-order valence-electron chi connectivity index (χ2n) is 7.89. The third-order valence-corrected chi connectivity index (χ3v) is 6.58. The van der Waals surface area contributed by atoms with Gasteiger partial charge in [0.05, 0.1) is 29.9 Å². The summed E-state index contributed by atoms with van der Waals surface area (Å²) in [5, 5.41) is 4.13. The minimum Gasteiger partial charge on any atom is -0.490 e. The first-order chi connectivity index (χ1) is 16.1. The van der Waals surface area contributed by atoms with Crippen molar-refractivity contribution < 1.29 is 14.3 Å². The number of rotatable bonds is 9. The van der Waals surface area contributed by atoms with E-state index in [4.69, 9.17) is 14.5 Å². The van der Waals surface area contributed by atoms with E-state index in [0.29, 0.717) is 46.5 Å². The minimum absolute atomic E-state index is 0.0247. The Morgan fingerprint density at radius 3 is 2.58 bits per heavy atom. The van der Waals surface area contributed by atoms with Crippen LogP contribution in [-0.4, -0.2) is 34.4 Å². The average molecular weight is 468 g/mol. The standard InChI is InChI=1S/C25H29N3O4S/c1-3-31-21-14-13-17(15-22(21)32-4-2)26-23(29)16-33-25-27-20-12-8-7-11-19(20)24(30)28(25)18-9-5-6-10-18/h7-8,11-15,18H,3-6,9-10,16H2,1-2H3,(H,26,29). The molecular weight excluding hydrogens is 438 g/mol. The van der Waals surface area contributed by atoms with E-state index in [1.165, 1.54) is 11.8 Å². The number of benzene rings is 2. The zero-order valence-electron chi connectivity index (χ0n) is 19.0. The Morgan fingerprint density at radius 1 is 1.09 bits per heavy atom. The van der Waals surface area contributed by atoms with Crippen LogP contribution in [0.4, 0.5) is 5.69 Å². The van der Waals surface area contributed by atoms with Crippen LogP contribution in [0.15, 0.2) is 52.4 Å². The van der Waals surface area contributed by atoms with Crippen LogP contribution in [0.2, 0.25) is 0 Å². The maximum Gasteiger partial charge on any atom is 0.262 e. The quantitative estimate of drug-likeness (QED) is 0.351. The predicted molar refractivity (Wildman–Crippen MR) is 132 cm³/mol. The summed E-state index contributed by atoms with van der Waals surface area (Å²) >= 11 is 1.30. The Balaban J connectivity index is 1.52. The molecular formula is C25H29N3O4S. The number of carbonyl (C=O) groups is 1. The Labute approximate surface area is 197 Å². The molecule has 0 bridgehead atoms. The second kappa shape index (κ2) is 10.7. The molecule has 0 saturated heterocycles. The van der Waals surface area contributed by atoms with E-state index in [2.05, 4.69) is 5.32 Å². The number of nitrogens with zero attached hydrogens (tertiary/aromatic N) is 2. The van der Waals surface area contributed by atoms with Crippen molar-refractivity contribution in [1.29, 1.82) is 0 Å².